The van der Waals surface area contributed by atoms with Gasteiger partial charge >= 0.3 is 6.09 Å². The lowest BCUT2D eigenvalue weighted by Crippen LogP contribution is -2.44. The van der Waals surface area contributed by atoms with Crippen LogP contribution in [0.1, 0.15) is 74.8 Å². The molecule has 37 heavy (non-hydrogen) atoms. The number of ether oxygens (including phenoxy) is 1. The van der Waals surface area contributed by atoms with Crippen LogP contribution in [0.2, 0.25) is 5.02 Å². The average molecular weight is 589 g/mol. The Morgan fingerprint density at radius 2 is 1.68 bits per heavy atom. The summed E-state index contributed by atoms with van der Waals surface area (Å²) in [6.45, 7) is 10.7. The van der Waals surface area contributed by atoms with Gasteiger partial charge in [-0.15, -0.1) is 0 Å². The highest BCUT2D eigenvalue weighted by atomic mass is 79.9. The second-order valence-corrected chi connectivity index (χ2v) is 13.4. The molecule has 3 heterocycles. The lowest BCUT2D eigenvalue weighted by molar-refractivity contribution is 0.0135. The molecule has 1 amide bonds. The van der Waals surface area contributed by atoms with Crippen LogP contribution in [0, 0.1) is 11.8 Å². The summed E-state index contributed by atoms with van der Waals surface area (Å²) >= 11 is 10.0. The Morgan fingerprint density at radius 3 is 2.35 bits per heavy atom. The summed E-state index contributed by atoms with van der Waals surface area (Å²) < 4.78 is 6.63. The number of amides is 1. The van der Waals surface area contributed by atoms with Gasteiger partial charge in [-0.1, -0.05) is 17.7 Å². The molecule has 2 saturated heterocycles. The van der Waals surface area contributed by atoms with Crippen molar-refractivity contribution in [2.24, 2.45) is 11.8 Å². The highest BCUT2D eigenvalue weighted by Gasteiger charge is 2.34. The molecule has 0 bridgehead atoms. The Hall–Kier alpha value is -1.63. The fourth-order valence-corrected chi connectivity index (χ4v) is 7.06. The van der Waals surface area contributed by atoms with Gasteiger partial charge in [0.2, 0.25) is 0 Å². The molecule has 1 atom stereocenters. The Morgan fingerprint density at radius 1 is 1.03 bits per heavy atom. The van der Waals surface area contributed by atoms with Gasteiger partial charge in [-0.2, -0.15) is 0 Å². The van der Waals surface area contributed by atoms with E-state index < -0.39 is 5.60 Å². The van der Waals surface area contributed by atoms with Crippen molar-refractivity contribution in [3.8, 4) is 0 Å². The van der Waals surface area contributed by atoms with E-state index in [1.807, 2.05) is 37.9 Å². The molecule has 3 aliphatic rings. The molecule has 7 heteroatoms. The second kappa shape index (κ2) is 11.2. The normalized spacial score (nSPS) is 21.8. The molecule has 1 aliphatic carbocycles. The molecule has 2 aliphatic heterocycles. The number of rotatable bonds is 3. The summed E-state index contributed by atoms with van der Waals surface area (Å²) in [7, 11) is 0. The molecule has 2 aromatic rings. The van der Waals surface area contributed by atoms with E-state index in [-0.39, 0.29) is 12.0 Å². The van der Waals surface area contributed by atoms with E-state index in [9.17, 15) is 4.79 Å². The zero-order valence-electron chi connectivity index (χ0n) is 22.3. The number of piperidine rings is 2. The number of hydrogen-bond donors (Lipinski definition) is 0. The quantitative estimate of drug-likeness (QED) is 0.384. The van der Waals surface area contributed by atoms with Crippen molar-refractivity contribution >= 4 is 33.6 Å². The van der Waals surface area contributed by atoms with Crippen LogP contribution in [0.3, 0.4) is 0 Å². The minimum Gasteiger partial charge on any atom is -0.444 e. The largest absolute Gasteiger partial charge is 0.444 e. The van der Waals surface area contributed by atoms with E-state index in [0.717, 1.165) is 73.8 Å². The summed E-state index contributed by atoms with van der Waals surface area (Å²) in [4.78, 5) is 21.9. The molecular formula is C30H39BrClN3O2. The first-order valence-corrected chi connectivity index (χ1v) is 15.0. The van der Waals surface area contributed by atoms with Gasteiger partial charge in [0.15, 0.2) is 0 Å². The van der Waals surface area contributed by atoms with Crippen LogP contribution >= 0.6 is 27.5 Å². The molecule has 0 radical (unpaired) electrons. The standard InChI is InChI=1S/C30H39BrClN3O2/c1-30(2,3)37-29(36)35-14-10-21(11-15-35)20-8-12-34(13-9-20)19-27-26-7-6-25(32)17-22(26)4-5-23-16-24(31)18-33-28(23)27/h6-7,16-18,20-21,27H,4-5,8-15,19H2,1-3H3. The molecule has 5 rings (SSSR count). The van der Waals surface area contributed by atoms with Crippen molar-refractivity contribution in [1.29, 1.82) is 0 Å². The lowest BCUT2D eigenvalue weighted by Gasteiger charge is -2.41. The van der Waals surface area contributed by atoms with Gasteiger partial charge in [-0.25, -0.2) is 4.79 Å². The van der Waals surface area contributed by atoms with Crippen LogP contribution in [0.4, 0.5) is 4.79 Å². The molecule has 1 aromatic carbocycles. The third kappa shape index (κ3) is 6.51. The molecule has 0 saturated carbocycles. The topological polar surface area (TPSA) is 45.7 Å². The molecule has 200 valence electrons. The van der Waals surface area contributed by atoms with Crippen LogP contribution in [0.5, 0.6) is 0 Å². The van der Waals surface area contributed by atoms with Crippen molar-refractivity contribution in [3.63, 3.8) is 0 Å². The highest BCUT2D eigenvalue weighted by Crippen LogP contribution is 2.38. The first kappa shape index (κ1) is 27.0. The summed E-state index contributed by atoms with van der Waals surface area (Å²) in [5.41, 5.74) is 4.88. The number of likely N-dealkylation sites (tertiary alicyclic amines) is 2. The summed E-state index contributed by atoms with van der Waals surface area (Å²) in [5.74, 6) is 1.73. The SMILES string of the molecule is CC(C)(C)OC(=O)N1CCC(C2CCN(CC3c4ccc(Cl)cc4CCc4cc(Br)cnc43)CC2)CC1. The smallest absolute Gasteiger partial charge is 0.410 e. The molecule has 5 nitrogen and oxygen atoms in total. The third-order valence-corrected chi connectivity index (χ3v) is 9.04. The van der Waals surface area contributed by atoms with Crippen LogP contribution < -0.4 is 0 Å². The van der Waals surface area contributed by atoms with E-state index in [0.29, 0.717) is 5.92 Å². The van der Waals surface area contributed by atoms with Gasteiger partial charge in [-0.05, 0) is 135 Å². The van der Waals surface area contributed by atoms with Gasteiger partial charge in [0, 0.05) is 41.2 Å². The van der Waals surface area contributed by atoms with Crippen LogP contribution in [-0.2, 0) is 17.6 Å². The molecule has 2 fully saturated rings. The van der Waals surface area contributed by atoms with Gasteiger partial charge in [-0.3, -0.25) is 4.98 Å². The van der Waals surface area contributed by atoms with Gasteiger partial charge in [0.05, 0.1) is 5.69 Å². The van der Waals surface area contributed by atoms with E-state index in [1.165, 1.54) is 35.2 Å². The van der Waals surface area contributed by atoms with Crippen molar-refractivity contribution in [3.05, 3.63) is 62.3 Å². The molecule has 0 N–H and O–H groups in total. The van der Waals surface area contributed by atoms with Crippen molar-refractivity contribution < 1.29 is 9.53 Å². The Kier molecular flexibility index (Phi) is 8.18. The molecule has 0 spiro atoms. The van der Waals surface area contributed by atoms with E-state index >= 15 is 0 Å². The zero-order valence-corrected chi connectivity index (χ0v) is 24.7. The fourth-order valence-electron chi connectivity index (χ4n) is 6.48. The number of halogens is 2. The number of carbonyl (C=O) groups is 1. The Labute approximate surface area is 235 Å². The Balaban J connectivity index is 1.21. The third-order valence-electron chi connectivity index (χ3n) is 8.37. The summed E-state index contributed by atoms with van der Waals surface area (Å²) in [5, 5.41) is 0.816. The number of aryl methyl sites for hydroxylation is 2. The van der Waals surface area contributed by atoms with Crippen LogP contribution in [0.15, 0.2) is 34.9 Å². The number of hydrogen-bond acceptors (Lipinski definition) is 4. The molecule has 1 aromatic heterocycles. The number of aromatic nitrogens is 1. The van der Waals surface area contributed by atoms with Gasteiger partial charge in [0.1, 0.15) is 5.60 Å². The summed E-state index contributed by atoms with van der Waals surface area (Å²) in [6.07, 6.45) is 8.43. The Bertz CT molecular complexity index is 1060. The number of fused-ring (bicyclic) bond motifs is 2. The molecule has 1 unspecified atom stereocenters. The minimum atomic E-state index is -0.433. The summed E-state index contributed by atoms with van der Waals surface area (Å²) in [6, 6.07) is 8.67. The first-order chi connectivity index (χ1) is 17.7. The maximum absolute atomic E-state index is 12.4. The molecular weight excluding hydrogens is 550 g/mol. The predicted molar refractivity (Wildman–Crippen MR) is 152 cm³/mol. The maximum atomic E-state index is 12.4. The van der Waals surface area contributed by atoms with Crippen LogP contribution in [0.25, 0.3) is 0 Å². The predicted octanol–water partition coefficient (Wildman–Crippen LogP) is 7.09. The van der Waals surface area contributed by atoms with E-state index in [2.05, 4.69) is 39.0 Å². The zero-order chi connectivity index (χ0) is 26.2. The number of carbonyl (C=O) groups excluding carboxylic acids is 1. The number of pyridine rings is 1. The van der Waals surface area contributed by atoms with E-state index in [1.54, 1.807) is 0 Å². The highest BCUT2D eigenvalue weighted by molar-refractivity contribution is 9.10. The number of nitrogens with zero attached hydrogens (tertiary/aromatic N) is 3. The lowest BCUT2D eigenvalue weighted by atomic mass is 9.78. The van der Waals surface area contributed by atoms with Gasteiger partial charge in [0.25, 0.3) is 0 Å². The number of benzene rings is 1. The maximum Gasteiger partial charge on any atom is 0.410 e. The fraction of sp³-hybridized carbons (Fsp3) is 0.600. The van der Waals surface area contributed by atoms with Crippen molar-refractivity contribution in [2.75, 3.05) is 32.7 Å². The van der Waals surface area contributed by atoms with Gasteiger partial charge < -0.3 is 14.5 Å². The average Bonchev–Trinajstić information content (AvgIpc) is 3.00. The van der Waals surface area contributed by atoms with E-state index in [4.69, 9.17) is 21.3 Å². The van der Waals surface area contributed by atoms with Crippen LogP contribution in [-0.4, -0.2) is 59.2 Å². The minimum absolute atomic E-state index is 0.161. The van der Waals surface area contributed by atoms with Crippen molar-refractivity contribution in [2.45, 2.75) is 70.8 Å². The monoisotopic (exact) mass is 587 g/mol. The first-order valence-electron chi connectivity index (χ1n) is 13.8. The second-order valence-electron chi connectivity index (χ2n) is 12.0. The van der Waals surface area contributed by atoms with Crippen molar-refractivity contribution in [1.82, 2.24) is 14.8 Å².